The molecule has 39 heavy (non-hydrogen) atoms. The first-order chi connectivity index (χ1) is 19.0. The van der Waals surface area contributed by atoms with Crippen molar-refractivity contribution in [1.82, 2.24) is 5.16 Å². The monoisotopic (exact) mass is 558 g/mol. The summed E-state index contributed by atoms with van der Waals surface area (Å²) in [7, 11) is 0. The summed E-state index contributed by atoms with van der Waals surface area (Å²) in [6.45, 7) is 8.33. The lowest BCUT2D eigenvalue weighted by Gasteiger charge is -2.11. The number of benzene rings is 4. The molecule has 7 heteroatoms. The molecule has 0 aliphatic carbocycles. The smallest absolute Gasteiger partial charge is 0.292 e. The van der Waals surface area contributed by atoms with Gasteiger partial charge >= 0.3 is 0 Å². The lowest BCUT2D eigenvalue weighted by Crippen LogP contribution is -2.01. The molecule has 0 fully saturated rings. The van der Waals surface area contributed by atoms with E-state index >= 15 is 0 Å². The maximum absolute atomic E-state index is 8.88. The number of ether oxygens (including phenoxy) is 2. The van der Waals surface area contributed by atoms with E-state index in [-0.39, 0.29) is 12.5 Å². The average molecular weight is 559 g/mol. The Balaban J connectivity index is 0.00000172. The molecule has 0 unspecified atom stereocenters. The molecule has 0 saturated carbocycles. The molecular formula is C32H28Cl2N2O3. The van der Waals surface area contributed by atoms with Crippen LogP contribution in [0.3, 0.4) is 0 Å². The number of hydrogen-bond donors (Lipinski definition) is 0. The minimum atomic E-state index is 0.107. The van der Waals surface area contributed by atoms with E-state index in [9.17, 15) is 0 Å². The van der Waals surface area contributed by atoms with Gasteiger partial charge in [0.2, 0.25) is 0 Å². The lowest BCUT2D eigenvalue weighted by molar-refractivity contribution is 0.298. The first-order valence-corrected chi connectivity index (χ1v) is 13.5. The van der Waals surface area contributed by atoms with Crippen LogP contribution in [0.5, 0.6) is 11.5 Å². The van der Waals surface area contributed by atoms with Gasteiger partial charge in [0.15, 0.2) is 0 Å². The Morgan fingerprint density at radius 1 is 0.897 bits per heavy atom. The summed E-state index contributed by atoms with van der Waals surface area (Å²) in [6.07, 6.45) is 1.74. The molecule has 5 nitrogen and oxygen atoms in total. The van der Waals surface area contributed by atoms with Crippen LogP contribution in [0.15, 0.2) is 83.4 Å². The van der Waals surface area contributed by atoms with Crippen LogP contribution >= 0.6 is 23.2 Å². The molecule has 0 bridgehead atoms. The quantitative estimate of drug-likeness (QED) is 0.186. The third-order valence-electron chi connectivity index (χ3n) is 6.11. The van der Waals surface area contributed by atoms with E-state index < -0.39 is 0 Å². The maximum atomic E-state index is 8.88. The van der Waals surface area contributed by atoms with Crippen LogP contribution < -0.4 is 9.47 Å². The van der Waals surface area contributed by atoms with Crippen LogP contribution in [0.2, 0.25) is 10.0 Å². The molecule has 0 spiro atoms. The Kier molecular flexibility index (Phi) is 9.14. The molecule has 0 aliphatic heterocycles. The van der Waals surface area contributed by atoms with Gasteiger partial charge < -0.3 is 14.0 Å². The predicted octanol–water partition coefficient (Wildman–Crippen LogP) is 10.1. The molecule has 5 aromatic rings. The van der Waals surface area contributed by atoms with E-state index in [1.807, 2.05) is 76.2 Å². The third kappa shape index (κ3) is 6.04. The van der Waals surface area contributed by atoms with E-state index in [1.54, 1.807) is 30.5 Å². The first kappa shape index (κ1) is 28.0. The van der Waals surface area contributed by atoms with Crippen molar-refractivity contribution in [3.8, 4) is 40.1 Å². The van der Waals surface area contributed by atoms with Crippen LogP contribution in [0.25, 0.3) is 33.2 Å². The molecule has 4 aromatic carbocycles. The topological polar surface area (TPSA) is 68.3 Å². The highest BCUT2D eigenvalue weighted by molar-refractivity contribution is 6.39. The van der Waals surface area contributed by atoms with E-state index in [4.69, 9.17) is 42.5 Å². The second kappa shape index (κ2) is 12.7. The molecule has 0 aliphatic rings. The van der Waals surface area contributed by atoms with Crippen molar-refractivity contribution in [3.05, 3.63) is 100 Å². The van der Waals surface area contributed by atoms with Crippen molar-refractivity contribution in [2.75, 3.05) is 0 Å². The highest BCUT2D eigenvalue weighted by Gasteiger charge is 2.23. The molecule has 5 rings (SSSR count). The molecule has 0 saturated heterocycles. The van der Waals surface area contributed by atoms with Gasteiger partial charge in [-0.1, -0.05) is 92.5 Å². The number of aromatic nitrogens is 1. The zero-order chi connectivity index (χ0) is 27.9. The summed E-state index contributed by atoms with van der Waals surface area (Å²) in [6, 6.07) is 24.9. The first-order valence-electron chi connectivity index (χ1n) is 12.7. The fourth-order valence-electron chi connectivity index (χ4n) is 4.31. The largest absolute Gasteiger partial charge is 0.489 e. The van der Waals surface area contributed by atoms with Gasteiger partial charge in [0, 0.05) is 16.9 Å². The predicted molar refractivity (Wildman–Crippen MR) is 157 cm³/mol. The minimum Gasteiger partial charge on any atom is -0.489 e. The van der Waals surface area contributed by atoms with Crippen LogP contribution in [0.1, 0.15) is 44.9 Å². The second-order valence-electron chi connectivity index (χ2n) is 8.82. The fourth-order valence-corrected chi connectivity index (χ4v) is 4.88. The summed E-state index contributed by atoms with van der Waals surface area (Å²) in [5, 5.41) is 16.0. The van der Waals surface area contributed by atoms with Gasteiger partial charge in [-0.3, -0.25) is 0 Å². The Morgan fingerprint density at radius 2 is 1.56 bits per heavy atom. The molecule has 1 aromatic heterocycles. The van der Waals surface area contributed by atoms with Crippen LogP contribution in [0.4, 0.5) is 0 Å². The molecule has 1 heterocycles. The molecule has 198 valence electrons. The van der Waals surface area contributed by atoms with E-state index in [0.29, 0.717) is 32.8 Å². The van der Waals surface area contributed by atoms with Crippen molar-refractivity contribution >= 4 is 34.0 Å². The standard InChI is InChI=1S/C30H22Cl2N2O3.C2H6/c1-18(2)30-24(29(34-37-30)28-25(31)6-4-7-26(28)32)16-35-22-12-9-19(10-13-22)20-11-14-23-21(15-20)5-3-8-27(23)36-17-33;1-2/h3-15,18H,16H2,1-2H3;1-2H3. The van der Waals surface area contributed by atoms with Crippen molar-refractivity contribution in [2.24, 2.45) is 0 Å². The summed E-state index contributed by atoms with van der Waals surface area (Å²) in [5.74, 6) is 2.09. The highest BCUT2D eigenvalue weighted by atomic mass is 35.5. The number of rotatable bonds is 7. The molecule has 0 atom stereocenters. The summed E-state index contributed by atoms with van der Waals surface area (Å²) >= 11 is 12.9. The normalized spacial score (nSPS) is 10.6. The van der Waals surface area contributed by atoms with E-state index in [0.717, 1.165) is 33.2 Å². The van der Waals surface area contributed by atoms with E-state index in [1.165, 1.54) is 0 Å². The number of nitriles is 1. The van der Waals surface area contributed by atoms with Crippen LogP contribution in [0, 0.1) is 11.5 Å². The second-order valence-corrected chi connectivity index (χ2v) is 9.64. The Morgan fingerprint density at radius 3 is 2.23 bits per heavy atom. The molecular weight excluding hydrogens is 531 g/mol. The minimum absolute atomic E-state index is 0.107. The highest BCUT2D eigenvalue weighted by Crippen LogP contribution is 2.39. The zero-order valence-corrected chi connectivity index (χ0v) is 23.7. The molecule has 0 radical (unpaired) electrons. The number of halogens is 2. The maximum Gasteiger partial charge on any atom is 0.292 e. The van der Waals surface area contributed by atoms with Crippen molar-refractivity contribution in [1.29, 1.82) is 5.26 Å². The van der Waals surface area contributed by atoms with Gasteiger partial charge in [-0.25, -0.2) is 0 Å². The summed E-state index contributed by atoms with van der Waals surface area (Å²) in [4.78, 5) is 0. The van der Waals surface area contributed by atoms with Gasteiger partial charge in [-0.05, 0) is 59.0 Å². The van der Waals surface area contributed by atoms with Gasteiger partial charge in [0.1, 0.15) is 29.6 Å². The average Bonchev–Trinajstić information content (AvgIpc) is 3.37. The van der Waals surface area contributed by atoms with Crippen LogP contribution in [-0.4, -0.2) is 5.16 Å². The summed E-state index contributed by atoms with van der Waals surface area (Å²) < 4.78 is 16.9. The van der Waals surface area contributed by atoms with Gasteiger partial charge in [0.05, 0.1) is 15.6 Å². The number of nitrogens with zero attached hydrogens (tertiary/aromatic N) is 2. The summed E-state index contributed by atoms with van der Waals surface area (Å²) in [5.41, 5.74) is 4.13. The zero-order valence-electron chi connectivity index (χ0n) is 22.2. The van der Waals surface area contributed by atoms with Crippen molar-refractivity contribution in [3.63, 3.8) is 0 Å². The number of fused-ring (bicyclic) bond motifs is 1. The molecule has 0 N–H and O–H groups in total. The van der Waals surface area contributed by atoms with Gasteiger partial charge in [-0.2, -0.15) is 0 Å². The Labute approximate surface area is 238 Å². The Hall–Kier alpha value is -3.98. The van der Waals surface area contributed by atoms with Crippen molar-refractivity contribution in [2.45, 2.75) is 40.2 Å². The van der Waals surface area contributed by atoms with Gasteiger partial charge in [-0.15, -0.1) is 5.26 Å². The molecule has 0 amide bonds. The lowest BCUT2D eigenvalue weighted by atomic mass is 10.0. The fraction of sp³-hybridized carbons (Fsp3) is 0.188. The van der Waals surface area contributed by atoms with E-state index in [2.05, 4.69) is 11.2 Å². The van der Waals surface area contributed by atoms with Crippen LogP contribution in [-0.2, 0) is 6.61 Å². The SMILES string of the molecule is CC.CC(C)c1onc(-c2c(Cl)cccc2Cl)c1COc1ccc(-c2ccc3c(OC#N)cccc3c2)cc1. The van der Waals surface area contributed by atoms with Crippen molar-refractivity contribution < 1.29 is 14.0 Å². The Bertz CT molecular complexity index is 1600. The van der Waals surface area contributed by atoms with Gasteiger partial charge in [0.25, 0.3) is 6.26 Å². The number of hydrogen-bond acceptors (Lipinski definition) is 5. The third-order valence-corrected chi connectivity index (χ3v) is 6.74.